The number of para-hydroxylation sites is 1. The van der Waals surface area contributed by atoms with Crippen molar-refractivity contribution >= 4 is 16.9 Å². The van der Waals surface area contributed by atoms with Gasteiger partial charge in [0.15, 0.2) is 0 Å². The van der Waals surface area contributed by atoms with Gasteiger partial charge in [-0.25, -0.2) is 0 Å². The number of hydrogen-bond donors (Lipinski definition) is 2. The highest BCUT2D eigenvalue weighted by Crippen LogP contribution is 2.31. The number of fused-ring (bicyclic) bond motifs is 1. The van der Waals surface area contributed by atoms with Gasteiger partial charge in [0.05, 0.1) is 5.52 Å². The molecule has 0 aliphatic rings. The minimum absolute atomic E-state index is 0.725. The van der Waals surface area contributed by atoms with E-state index in [4.69, 9.17) is 10.8 Å². The lowest BCUT2D eigenvalue weighted by Crippen LogP contribution is -2.21. The predicted octanol–water partition coefficient (Wildman–Crippen LogP) is 2.36. The monoisotopic (exact) mass is 246 g/mol. The molecule has 96 valence electrons. The number of carbonyl (C=O) groups is 1. The van der Waals surface area contributed by atoms with Crippen LogP contribution in [0.15, 0.2) is 18.2 Å². The second-order valence-electron chi connectivity index (χ2n) is 4.53. The molecule has 1 unspecified atom stereocenters. The minimum Gasteiger partial charge on any atom is -0.480 e. The van der Waals surface area contributed by atoms with Gasteiger partial charge in [-0.2, -0.15) is 0 Å². The Morgan fingerprint density at radius 2 is 2.11 bits per heavy atom. The Morgan fingerprint density at radius 1 is 1.44 bits per heavy atom. The number of carboxylic acids is 1. The van der Waals surface area contributed by atoms with Crippen molar-refractivity contribution in [2.45, 2.75) is 33.4 Å². The lowest BCUT2D eigenvalue weighted by molar-refractivity contribution is -0.138. The highest BCUT2D eigenvalue weighted by atomic mass is 16.4. The molecule has 1 aromatic heterocycles. The van der Waals surface area contributed by atoms with Crippen molar-refractivity contribution < 1.29 is 9.90 Å². The highest BCUT2D eigenvalue weighted by molar-refractivity contribution is 5.92. The maximum Gasteiger partial charge on any atom is 0.325 e. The first-order valence-electron chi connectivity index (χ1n) is 6.05. The molecule has 0 amide bonds. The van der Waals surface area contributed by atoms with Gasteiger partial charge in [0.1, 0.15) is 6.04 Å². The fraction of sp³-hybridized carbons (Fsp3) is 0.357. The summed E-state index contributed by atoms with van der Waals surface area (Å²) >= 11 is 0. The molecule has 2 aromatic rings. The Hall–Kier alpha value is -1.81. The van der Waals surface area contributed by atoms with Crippen LogP contribution in [0.4, 0.5) is 0 Å². The molecule has 18 heavy (non-hydrogen) atoms. The van der Waals surface area contributed by atoms with Gasteiger partial charge in [0.25, 0.3) is 0 Å². The van der Waals surface area contributed by atoms with E-state index in [0.29, 0.717) is 0 Å². The molecule has 0 aliphatic heterocycles. The lowest BCUT2D eigenvalue weighted by Gasteiger charge is -2.08. The largest absolute Gasteiger partial charge is 0.480 e. The van der Waals surface area contributed by atoms with Crippen LogP contribution in [0.1, 0.15) is 29.8 Å². The van der Waals surface area contributed by atoms with Crippen molar-refractivity contribution in [1.82, 2.24) is 4.57 Å². The molecule has 4 heteroatoms. The topological polar surface area (TPSA) is 68.2 Å². The van der Waals surface area contributed by atoms with Crippen LogP contribution in [0.5, 0.6) is 0 Å². The van der Waals surface area contributed by atoms with E-state index >= 15 is 0 Å². The maximum atomic E-state index is 11.1. The van der Waals surface area contributed by atoms with Crippen LogP contribution < -0.4 is 5.73 Å². The molecule has 0 radical (unpaired) electrons. The molecule has 0 bridgehead atoms. The predicted molar refractivity (Wildman–Crippen MR) is 71.7 cm³/mol. The zero-order chi connectivity index (χ0) is 13.4. The van der Waals surface area contributed by atoms with E-state index in [1.807, 2.05) is 32.0 Å². The standard InChI is InChI=1S/C14H18N2O2/c1-4-16-9(3)11(12(15)14(17)18)10-7-5-6-8(2)13(10)16/h5-7,12H,4,15H2,1-3H3,(H,17,18). The van der Waals surface area contributed by atoms with Gasteiger partial charge in [-0.05, 0) is 26.3 Å². The molecule has 3 N–H and O–H groups in total. The number of aromatic nitrogens is 1. The quantitative estimate of drug-likeness (QED) is 0.873. The third kappa shape index (κ3) is 1.69. The van der Waals surface area contributed by atoms with E-state index in [0.717, 1.165) is 34.3 Å². The number of nitrogens with zero attached hydrogens (tertiary/aromatic N) is 1. The third-order valence-electron chi connectivity index (χ3n) is 3.49. The van der Waals surface area contributed by atoms with E-state index in [2.05, 4.69) is 11.5 Å². The zero-order valence-electron chi connectivity index (χ0n) is 10.9. The SMILES string of the molecule is CCn1c(C)c(C(N)C(=O)O)c2cccc(C)c21. The summed E-state index contributed by atoms with van der Waals surface area (Å²) in [6.45, 7) is 6.82. The van der Waals surface area contributed by atoms with Gasteiger partial charge in [0, 0.05) is 23.2 Å². The fourth-order valence-corrected chi connectivity index (χ4v) is 2.65. The average molecular weight is 246 g/mol. The van der Waals surface area contributed by atoms with Crippen LogP contribution in [0.2, 0.25) is 0 Å². The Labute approximate surface area is 106 Å². The summed E-state index contributed by atoms with van der Waals surface area (Å²) in [5, 5.41) is 10.1. The smallest absolute Gasteiger partial charge is 0.325 e. The van der Waals surface area contributed by atoms with Crippen molar-refractivity contribution in [1.29, 1.82) is 0 Å². The molecule has 1 heterocycles. The second-order valence-corrected chi connectivity index (χ2v) is 4.53. The lowest BCUT2D eigenvalue weighted by atomic mass is 10.0. The Morgan fingerprint density at radius 3 is 2.67 bits per heavy atom. The van der Waals surface area contributed by atoms with Gasteiger partial charge in [-0.3, -0.25) is 4.79 Å². The molecule has 0 spiro atoms. The van der Waals surface area contributed by atoms with Gasteiger partial charge in [0.2, 0.25) is 0 Å². The fourth-order valence-electron chi connectivity index (χ4n) is 2.65. The molecule has 1 aromatic carbocycles. The number of benzene rings is 1. The number of nitrogens with two attached hydrogens (primary N) is 1. The van der Waals surface area contributed by atoms with Gasteiger partial charge in [-0.15, -0.1) is 0 Å². The molecular formula is C14H18N2O2. The Kier molecular flexibility index (Phi) is 3.13. The van der Waals surface area contributed by atoms with Crippen molar-refractivity contribution in [3.63, 3.8) is 0 Å². The number of hydrogen-bond acceptors (Lipinski definition) is 2. The Balaban J connectivity index is 2.86. The van der Waals surface area contributed by atoms with Crippen molar-refractivity contribution in [2.24, 2.45) is 5.73 Å². The number of rotatable bonds is 3. The first kappa shape index (κ1) is 12.6. The first-order valence-corrected chi connectivity index (χ1v) is 6.05. The second kappa shape index (κ2) is 4.46. The molecule has 0 aliphatic carbocycles. The highest BCUT2D eigenvalue weighted by Gasteiger charge is 2.23. The summed E-state index contributed by atoms with van der Waals surface area (Å²) in [6.07, 6.45) is 0. The molecule has 4 nitrogen and oxygen atoms in total. The van der Waals surface area contributed by atoms with Crippen molar-refractivity contribution in [3.05, 3.63) is 35.0 Å². The number of aryl methyl sites for hydroxylation is 2. The van der Waals surface area contributed by atoms with E-state index in [9.17, 15) is 4.79 Å². The first-order chi connectivity index (χ1) is 8.49. The van der Waals surface area contributed by atoms with E-state index in [1.165, 1.54) is 0 Å². The minimum atomic E-state index is -0.991. The van der Waals surface area contributed by atoms with Crippen LogP contribution in [0, 0.1) is 13.8 Å². The van der Waals surface area contributed by atoms with Crippen LogP contribution in [-0.4, -0.2) is 15.6 Å². The van der Waals surface area contributed by atoms with Crippen molar-refractivity contribution in [2.75, 3.05) is 0 Å². The molecule has 1 atom stereocenters. The summed E-state index contributed by atoms with van der Waals surface area (Å²) in [4.78, 5) is 11.1. The van der Waals surface area contributed by atoms with Gasteiger partial charge in [-0.1, -0.05) is 18.2 Å². The van der Waals surface area contributed by atoms with Crippen molar-refractivity contribution in [3.8, 4) is 0 Å². The normalized spacial score (nSPS) is 12.9. The zero-order valence-corrected chi connectivity index (χ0v) is 10.9. The van der Waals surface area contributed by atoms with Crippen LogP contribution in [0.3, 0.4) is 0 Å². The summed E-state index contributed by atoms with van der Waals surface area (Å²) in [7, 11) is 0. The third-order valence-corrected chi connectivity index (χ3v) is 3.49. The summed E-state index contributed by atoms with van der Waals surface area (Å²) in [5.41, 5.74) is 9.70. The van der Waals surface area contributed by atoms with E-state index < -0.39 is 12.0 Å². The molecule has 2 rings (SSSR count). The molecule has 0 fully saturated rings. The van der Waals surface area contributed by atoms with Crippen LogP contribution >= 0.6 is 0 Å². The average Bonchev–Trinajstić information content (AvgIpc) is 2.61. The number of carboxylic acid groups (broad SMARTS) is 1. The van der Waals surface area contributed by atoms with Crippen LogP contribution in [-0.2, 0) is 11.3 Å². The van der Waals surface area contributed by atoms with Gasteiger partial charge < -0.3 is 15.4 Å². The molecular weight excluding hydrogens is 228 g/mol. The summed E-state index contributed by atoms with van der Waals surface area (Å²) < 4.78 is 2.13. The van der Waals surface area contributed by atoms with Gasteiger partial charge >= 0.3 is 5.97 Å². The van der Waals surface area contributed by atoms with E-state index in [-0.39, 0.29) is 0 Å². The maximum absolute atomic E-state index is 11.1. The summed E-state index contributed by atoms with van der Waals surface area (Å²) in [5.74, 6) is -0.991. The number of aliphatic carboxylic acids is 1. The Bertz CT molecular complexity index is 614. The van der Waals surface area contributed by atoms with E-state index in [1.54, 1.807) is 0 Å². The summed E-state index contributed by atoms with van der Waals surface area (Å²) in [6, 6.07) is 4.95. The van der Waals surface area contributed by atoms with Crippen LogP contribution in [0.25, 0.3) is 10.9 Å². The molecule has 0 saturated heterocycles. The molecule has 0 saturated carbocycles.